The predicted octanol–water partition coefficient (Wildman–Crippen LogP) is 1.02. The molecule has 1 heterocycles. The number of sulfone groups is 1. The predicted molar refractivity (Wildman–Crippen MR) is 62.6 cm³/mol. The summed E-state index contributed by atoms with van der Waals surface area (Å²) in [5.74, 6) is 0.183. The van der Waals surface area contributed by atoms with Crippen molar-refractivity contribution in [1.82, 2.24) is 15.2 Å². The van der Waals surface area contributed by atoms with Crippen LogP contribution in [0.4, 0.5) is 5.82 Å². The van der Waals surface area contributed by atoms with Gasteiger partial charge in [-0.25, -0.2) is 8.42 Å². The molecule has 1 aromatic rings. The lowest BCUT2D eigenvalue weighted by Gasteiger charge is -2.13. The Morgan fingerprint density at radius 1 is 1.38 bits per heavy atom. The molecule has 1 N–H and O–H groups in total. The minimum atomic E-state index is -3.07. The molecule has 1 aromatic heterocycles. The van der Waals surface area contributed by atoms with E-state index in [-0.39, 0.29) is 28.0 Å². The van der Waals surface area contributed by atoms with Gasteiger partial charge < -0.3 is 5.32 Å². The molecule has 0 aromatic carbocycles. The molecule has 0 saturated heterocycles. The lowest BCUT2D eigenvalue weighted by atomic mass is 10.4. The quantitative estimate of drug-likeness (QED) is 0.889. The minimum absolute atomic E-state index is 0.0368. The first kappa shape index (κ1) is 13.4. The van der Waals surface area contributed by atoms with E-state index < -0.39 is 9.84 Å². The van der Waals surface area contributed by atoms with Crippen molar-refractivity contribution < 1.29 is 8.42 Å². The molecule has 1 atom stereocenters. The van der Waals surface area contributed by atoms with E-state index in [2.05, 4.69) is 20.5 Å². The zero-order chi connectivity index (χ0) is 12.3. The van der Waals surface area contributed by atoms with Crippen molar-refractivity contribution >= 4 is 38.9 Å². The van der Waals surface area contributed by atoms with Crippen LogP contribution in [0.5, 0.6) is 0 Å². The monoisotopic (exact) mass is 284 g/mol. The highest BCUT2D eigenvalue weighted by molar-refractivity contribution is 7.90. The Morgan fingerprint density at radius 3 is 2.56 bits per heavy atom. The molecule has 0 aliphatic rings. The summed E-state index contributed by atoms with van der Waals surface area (Å²) in [6, 6.07) is -0.347. The number of rotatable bonds is 4. The smallest absolute Gasteiger partial charge is 0.245 e. The van der Waals surface area contributed by atoms with Crippen molar-refractivity contribution in [3.63, 3.8) is 0 Å². The van der Waals surface area contributed by atoms with Gasteiger partial charge in [-0.05, 0) is 18.5 Å². The van der Waals surface area contributed by atoms with E-state index in [0.717, 1.165) is 6.26 Å². The van der Waals surface area contributed by atoms with Crippen LogP contribution in [0.15, 0.2) is 0 Å². The number of anilines is 1. The van der Waals surface area contributed by atoms with E-state index in [1.807, 2.05) is 0 Å². The Balaban J connectivity index is 2.77. The topological polar surface area (TPSA) is 84.8 Å². The van der Waals surface area contributed by atoms with Gasteiger partial charge in [-0.3, -0.25) is 0 Å². The molecular weight excluding hydrogens is 275 g/mol. The van der Waals surface area contributed by atoms with E-state index in [1.165, 1.54) is 0 Å². The number of halogens is 2. The maximum absolute atomic E-state index is 11.0. The van der Waals surface area contributed by atoms with Crippen LogP contribution < -0.4 is 5.32 Å². The second-order valence-corrected chi connectivity index (χ2v) is 6.24. The van der Waals surface area contributed by atoms with E-state index in [9.17, 15) is 8.42 Å². The number of nitrogens with one attached hydrogen (secondary N) is 1. The molecule has 0 radical (unpaired) electrons. The molecule has 0 fully saturated rings. The Labute approximate surface area is 103 Å². The highest BCUT2D eigenvalue weighted by Crippen LogP contribution is 2.17. The summed E-state index contributed by atoms with van der Waals surface area (Å²) in [5, 5.41) is 9.76. The largest absolute Gasteiger partial charge is 0.364 e. The summed E-state index contributed by atoms with van der Waals surface area (Å²) < 4.78 is 22.1. The standard InChI is InChI=1S/C7H10Cl2N4O2S/c1-4(3-16(2,14)15)10-6-5(8)12-13-7(9)11-6/h4H,3H2,1-2H3,(H,10,11,13). The highest BCUT2D eigenvalue weighted by Gasteiger charge is 2.13. The van der Waals surface area contributed by atoms with Crippen molar-refractivity contribution in [2.75, 3.05) is 17.3 Å². The number of nitrogens with zero attached hydrogens (tertiary/aromatic N) is 3. The Hall–Kier alpha value is -0.660. The van der Waals surface area contributed by atoms with Crippen LogP contribution in [0.3, 0.4) is 0 Å². The average Bonchev–Trinajstić information content (AvgIpc) is 2.08. The van der Waals surface area contributed by atoms with Gasteiger partial charge in [-0.15, -0.1) is 10.2 Å². The number of hydrogen-bond donors (Lipinski definition) is 1. The molecule has 0 aliphatic carbocycles. The second kappa shape index (κ2) is 5.11. The molecule has 6 nitrogen and oxygen atoms in total. The van der Waals surface area contributed by atoms with Gasteiger partial charge in [0.05, 0.1) is 5.75 Å². The Morgan fingerprint density at radius 2 is 2.00 bits per heavy atom. The lowest BCUT2D eigenvalue weighted by molar-refractivity contribution is 0.598. The van der Waals surface area contributed by atoms with E-state index >= 15 is 0 Å². The summed E-state index contributed by atoms with van der Waals surface area (Å²) in [4.78, 5) is 3.80. The molecule has 0 spiro atoms. The molecule has 16 heavy (non-hydrogen) atoms. The first-order chi connectivity index (χ1) is 7.28. The SMILES string of the molecule is CC(CS(C)(=O)=O)Nc1nc(Cl)nnc1Cl. The van der Waals surface area contributed by atoms with E-state index in [1.54, 1.807) is 6.92 Å². The van der Waals surface area contributed by atoms with Gasteiger partial charge in [-0.2, -0.15) is 4.98 Å². The molecule has 9 heteroatoms. The van der Waals surface area contributed by atoms with Crippen LogP contribution in [0, 0.1) is 0 Å². The third kappa shape index (κ3) is 4.46. The van der Waals surface area contributed by atoms with Gasteiger partial charge in [0.15, 0.2) is 11.0 Å². The minimum Gasteiger partial charge on any atom is -0.364 e. The third-order valence-electron chi connectivity index (χ3n) is 1.56. The Kier molecular flexibility index (Phi) is 4.28. The summed E-state index contributed by atoms with van der Waals surface area (Å²) in [6.45, 7) is 1.69. The Bertz CT molecular complexity index is 479. The number of hydrogen-bond acceptors (Lipinski definition) is 6. The molecule has 1 unspecified atom stereocenters. The first-order valence-corrected chi connectivity index (χ1v) is 7.09. The molecule has 0 amide bonds. The molecule has 90 valence electrons. The maximum Gasteiger partial charge on any atom is 0.245 e. The van der Waals surface area contributed by atoms with Gasteiger partial charge >= 0.3 is 0 Å². The second-order valence-electron chi connectivity index (χ2n) is 3.36. The zero-order valence-electron chi connectivity index (χ0n) is 8.61. The van der Waals surface area contributed by atoms with Crippen LogP contribution in [0.25, 0.3) is 0 Å². The fourth-order valence-corrected chi connectivity index (χ4v) is 2.36. The first-order valence-electron chi connectivity index (χ1n) is 4.28. The van der Waals surface area contributed by atoms with Crippen LogP contribution in [-0.4, -0.2) is 41.6 Å². The lowest BCUT2D eigenvalue weighted by Crippen LogP contribution is -2.25. The molecule has 1 rings (SSSR count). The van der Waals surface area contributed by atoms with E-state index in [4.69, 9.17) is 23.2 Å². The van der Waals surface area contributed by atoms with Gasteiger partial charge in [0.2, 0.25) is 5.28 Å². The van der Waals surface area contributed by atoms with Crippen LogP contribution in [0.1, 0.15) is 6.92 Å². The van der Waals surface area contributed by atoms with Crippen molar-refractivity contribution in [1.29, 1.82) is 0 Å². The van der Waals surface area contributed by atoms with Crippen LogP contribution in [-0.2, 0) is 9.84 Å². The molecule has 0 saturated carbocycles. The molecule has 0 aliphatic heterocycles. The van der Waals surface area contributed by atoms with Gasteiger partial charge in [-0.1, -0.05) is 11.6 Å². The summed E-state index contributed by atoms with van der Waals surface area (Å²) >= 11 is 11.2. The van der Waals surface area contributed by atoms with Crippen LogP contribution >= 0.6 is 23.2 Å². The number of aromatic nitrogens is 3. The van der Waals surface area contributed by atoms with Gasteiger partial charge in [0, 0.05) is 12.3 Å². The van der Waals surface area contributed by atoms with E-state index in [0.29, 0.717) is 0 Å². The fraction of sp³-hybridized carbons (Fsp3) is 0.571. The van der Waals surface area contributed by atoms with Gasteiger partial charge in [0.1, 0.15) is 9.84 Å². The average molecular weight is 285 g/mol. The summed E-state index contributed by atoms with van der Waals surface area (Å²) in [7, 11) is -3.07. The molecular formula is C7H10Cl2N4O2S. The third-order valence-corrected chi connectivity index (χ3v) is 3.08. The van der Waals surface area contributed by atoms with Gasteiger partial charge in [0.25, 0.3) is 0 Å². The molecule has 0 bridgehead atoms. The maximum atomic E-state index is 11.0. The van der Waals surface area contributed by atoms with Crippen molar-refractivity contribution in [2.45, 2.75) is 13.0 Å². The van der Waals surface area contributed by atoms with Crippen LogP contribution in [0.2, 0.25) is 10.4 Å². The fourth-order valence-electron chi connectivity index (χ4n) is 1.11. The van der Waals surface area contributed by atoms with Crippen molar-refractivity contribution in [3.8, 4) is 0 Å². The highest BCUT2D eigenvalue weighted by atomic mass is 35.5. The zero-order valence-corrected chi connectivity index (χ0v) is 10.9. The summed E-state index contributed by atoms with van der Waals surface area (Å²) in [6.07, 6.45) is 1.15. The summed E-state index contributed by atoms with van der Waals surface area (Å²) in [5.41, 5.74) is 0. The van der Waals surface area contributed by atoms with Crippen molar-refractivity contribution in [2.24, 2.45) is 0 Å². The normalized spacial score (nSPS) is 13.5. The van der Waals surface area contributed by atoms with Crippen molar-refractivity contribution in [3.05, 3.63) is 10.4 Å².